The lowest BCUT2D eigenvalue weighted by Gasteiger charge is -2.14. The second-order valence-corrected chi connectivity index (χ2v) is 6.12. The van der Waals surface area contributed by atoms with E-state index in [1.807, 2.05) is 48.1 Å². The maximum atomic E-state index is 13.1. The summed E-state index contributed by atoms with van der Waals surface area (Å²) in [6, 6.07) is 12.8. The molecule has 0 aliphatic rings. The first-order valence-electron chi connectivity index (χ1n) is 8.58. The van der Waals surface area contributed by atoms with E-state index in [0.29, 0.717) is 17.0 Å². The number of benzene rings is 2. The summed E-state index contributed by atoms with van der Waals surface area (Å²) in [5.74, 6) is 1.02. The van der Waals surface area contributed by atoms with Crippen molar-refractivity contribution in [2.75, 3.05) is 12.4 Å². The zero-order valence-electron chi connectivity index (χ0n) is 15.4. The van der Waals surface area contributed by atoms with Crippen molar-refractivity contribution < 1.29 is 9.53 Å². The molecule has 0 saturated heterocycles. The molecule has 1 N–H and O–H groups in total. The first kappa shape index (κ1) is 17.5. The number of hydrogen-bond acceptors (Lipinski definition) is 5. The van der Waals surface area contributed by atoms with Gasteiger partial charge < -0.3 is 14.6 Å². The summed E-state index contributed by atoms with van der Waals surface area (Å²) >= 11 is 0. The number of imidazole rings is 1. The molecule has 2 heterocycles. The molecule has 0 fully saturated rings. The number of carbonyl (C=O) groups is 1. The molecule has 140 valence electrons. The van der Waals surface area contributed by atoms with Gasteiger partial charge in [-0.2, -0.15) is 0 Å². The Morgan fingerprint density at radius 3 is 2.61 bits per heavy atom. The molecule has 0 bridgehead atoms. The fraction of sp³-hybridized carbons (Fsp3) is 0.100. The van der Waals surface area contributed by atoms with Crippen LogP contribution in [0.1, 0.15) is 10.4 Å². The van der Waals surface area contributed by atoms with E-state index in [9.17, 15) is 4.79 Å². The third-order valence-electron chi connectivity index (χ3n) is 4.38. The highest BCUT2D eigenvalue weighted by molar-refractivity contribution is 6.09. The molecular weight excluding hydrogens is 356 g/mol. The van der Waals surface area contributed by atoms with Crippen molar-refractivity contribution >= 4 is 11.6 Å². The lowest BCUT2D eigenvalue weighted by Crippen LogP contribution is -2.14. The molecule has 0 unspecified atom stereocenters. The van der Waals surface area contributed by atoms with Gasteiger partial charge in [0.25, 0.3) is 5.91 Å². The number of aromatic nitrogens is 5. The Morgan fingerprint density at radius 1 is 1.11 bits per heavy atom. The molecular formula is C20H18N6O2. The van der Waals surface area contributed by atoms with Crippen LogP contribution in [0.25, 0.3) is 17.1 Å². The Balaban J connectivity index is 1.70. The van der Waals surface area contributed by atoms with E-state index in [0.717, 1.165) is 17.1 Å². The number of carbonyl (C=O) groups excluding carboxylic acids is 1. The summed E-state index contributed by atoms with van der Waals surface area (Å²) in [7, 11) is 3.45. The highest BCUT2D eigenvalue weighted by Crippen LogP contribution is 2.29. The summed E-state index contributed by atoms with van der Waals surface area (Å²) in [6.45, 7) is 0. The van der Waals surface area contributed by atoms with Crippen LogP contribution in [0.5, 0.6) is 5.75 Å². The van der Waals surface area contributed by atoms with Gasteiger partial charge in [-0.3, -0.25) is 9.36 Å². The van der Waals surface area contributed by atoms with Crippen molar-refractivity contribution in [3.05, 3.63) is 73.1 Å². The zero-order chi connectivity index (χ0) is 19.5. The van der Waals surface area contributed by atoms with Crippen molar-refractivity contribution in [2.24, 2.45) is 7.05 Å². The van der Waals surface area contributed by atoms with Gasteiger partial charge in [-0.15, -0.1) is 10.2 Å². The van der Waals surface area contributed by atoms with Gasteiger partial charge in [-0.25, -0.2) is 4.98 Å². The molecule has 4 aromatic rings. The SMILES string of the molecule is COc1ccc(-n2cnnc2)cc1NC(=O)c1ccccc1-c1nccn1C. The van der Waals surface area contributed by atoms with Crippen LogP contribution in [0.3, 0.4) is 0 Å². The maximum Gasteiger partial charge on any atom is 0.256 e. The Hall–Kier alpha value is -3.94. The molecule has 2 aromatic heterocycles. The van der Waals surface area contributed by atoms with E-state index < -0.39 is 0 Å². The summed E-state index contributed by atoms with van der Waals surface area (Å²) < 4.78 is 9.03. The third-order valence-corrected chi connectivity index (χ3v) is 4.38. The van der Waals surface area contributed by atoms with E-state index in [4.69, 9.17) is 4.74 Å². The average Bonchev–Trinajstić information content (AvgIpc) is 3.40. The van der Waals surface area contributed by atoms with Gasteiger partial charge in [0.2, 0.25) is 0 Å². The molecule has 0 spiro atoms. The van der Waals surface area contributed by atoms with Gasteiger partial charge in [0.1, 0.15) is 24.2 Å². The van der Waals surface area contributed by atoms with Crippen LogP contribution in [-0.2, 0) is 7.05 Å². The normalized spacial score (nSPS) is 10.6. The molecule has 1 amide bonds. The smallest absolute Gasteiger partial charge is 0.256 e. The Kier molecular flexibility index (Phi) is 4.59. The number of aryl methyl sites for hydroxylation is 1. The number of amides is 1. The minimum Gasteiger partial charge on any atom is -0.495 e. The van der Waals surface area contributed by atoms with Crippen LogP contribution in [0.2, 0.25) is 0 Å². The molecule has 2 aromatic carbocycles. The number of anilines is 1. The second kappa shape index (κ2) is 7.36. The topological polar surface area (TPSA) is 86.9 Å². The predicted octanol–water partition coefficient (Wildman–Crippen LogP) is 2.93. The van der Waals surface area contributed by atoms with Crippen LogP contribution < -0.4 is 10.1 Å². The Morgan fingerprint density at radius 2 is 1.89 bits per heavy atom. The van der Waals surface area contributed by atoms with Gasteiger partial charge in [0.05, 0.1) is 24.0 Å². The molecule has 8 heteroatoms. The standard InChI is InChI=1S/C20H18N6O2/c1-25-10-9-21-19(25)15-5-3-4-6-16(15)20(27)24-17-11-14(7-8-18(17)28-2)26-12-22-23-13-26/h3-13H,1-2H3,(H,24,27). The van der Waals surface area contributed by atoms with Gasteiger partial charge in [-0.1, -0.05) is 18.2 Å². The van der Waals surface area contributed by atoms with Gasteiger partial charge in [-0.05, 0) is 24.3 Å². The van der Waals surface area contributed by atoms with E-state index in [1.54, 1.807) is 42.7 Å². The Bertz CT molecular complexity index is 1120. The highest BCUT2D eigenvalue weighted by Gasteiger charge is 2.17. The maximum absolute atomic E-state index is 13.1. The minimum absolute atomic E-state index is 0.252. The monoisotopic (exact) mass is 374 g/mol. The molecule has 8 nitrogen and oxygen atoms in total. The first-order valence-corrected chi connectivity index (χ1v) is 8.58. The summed E-state index contributed by atoms with van der Waals surface area (Å²) in [4.78, 5) is 17.4. The number of hydrogen-bond donors (Lipinski definition) is 1. The molecule has 0 aliphatic carbocycles. The van der Waals surface area contributed by atoms with Gasteiger partial charge >= 0.3 is 0 Å². The van der Waals surface area contributed by atoms with Crippen molar-refractivity contribution in [1.82, 2.24) is 24.3 Å². The summed E-state index contributed by atoms with van der Waals surface area (Å²) in [6.07, 6.45) is 6.72. The van der Waals surface area contributed by atoms with Crippen LogP contribution in [0, 0.1) is 0 Å². The summed E-state index contributed by atoms with van der Waals surface area (Å²) in [5, 5.41) is 10.6. The lowest BCUT2D eigenvalue weighted by atomic mass is 10.1. The number of rotatable bonds is 5. The number of methoxy groups -OCH3 is 1. The van der Waals surface area contributed by atoms with Crippen LogP contribution in [0.4, 0.5) is 5.69 Å². The van der Waals surface area contributed by atoms with E-state index in [-0.39, 0.29) is 5.91 Å². The fourth-order valence-corrected chi connectivity index (χ4v) is 2.98. The van der Waals surface area contributed by atoms with Crippen molar-refractivity contribution in [3.63, 3.8) is 0 Å². The summed E-state index contributed by atoms with van der Waals surface area (Å²) in [5.41, 5.74) is 2.63. The molecule has 0 radical (unpaired) electrons. The van der Waals surface area contributed by atoms with Gasteiger partial charge in [0.15, 0.2) is 0 Å². The van der Waals surface area contributed by atoms with Crippen LogP contribution in [0.15, 0.2) is 67.5 Å². The quantitative estimate of drug-likeness (QED) is 0.580. The third kappa shape index (κ3) is 3.23. The zero-order valence-corrected chi connectivity index (χ0v) is 15.4. The molecule has 4 rings (SSSR count). The number of ether oxygens (including phenoxy) is 1. The highest BCUT2D eigenvalue weighted by atomic mass is 16.5. The lowest BCUT2D eigenvalue weighted by molar-refractivity contribution is 0.102. The van der Waals surface area contributed by atoms with Crippen LogP contribution >= 0.6 is 0 Å². The second-order valence-electron chi connectivity index (χ2n) is 6.12. The predicted molar refractivity (Wildman–Crippen MR) is 105 cm³/mol. The van der Waals surface area contributed by atoms with Crippen molar-refractivity contribution in [1.29, 1.82) is 0 Å². The molecule has 0 atom stereocenters. The number of nitrogens with one attached hydrogen (secondary N) is 1. The van der Waals surface area contributed by atoms with Crippen molar-refractivity contribution in [2.45, 2.75) is 0 Å². The van der Waals surface area contributed by atoms with E-state index >= 15 is 0 Å². The Labute approximate surface area is 161 Å². The molecule has 0 saturated carbocycles. The van der Waals surface area contributed by atoms with Crippen LogP contribution in [-0.4, -0.2) is 37.3 Å². The average molecular weight is 374 g/mol. The fourth-order valence-electron chi connectivity index (χ4n) is 2.98. The minimum atomic E-state index is -0.252. The van der Waals surface area contributed by atoms with E-state index in [1.165, 1.54) is 0 Å². The van der Waals surface area contributed by atoms with Gasteiger partial charge in [0, 0.05) is 25.0 Å². The first-order chi connectivity index (χ1) is 13.7. The largest absolute Gasteiger partial charge is 0.495 e. The number of nitrogens with zero attached hydrogens (tertiary/aromatic N) is 5. The molecule has 28 heavy (non-hydrogen) atoms. The molecule has 0 aliphatic heterocycles. The van der Waals surface area contributed by atoms with Crippen molar-refractivity contribution in [3.8, 4) is 22.8 Å². The van der Waals surface area contributed by atoms with E-state index in [2.05, 4.69) is 20.5 Å².